The molecule has 178 valence electrons. The van der Waals surface area contributed by atoms with E-state index in [1.807, 2.05) is 11.0 Å². The molecule has 35 heavy (non-hydrogen) atoms. The summed E-state index contributed by atoms with van der Waals surface area (Å²) in [4.78, 5) is 27.6. The number of nitrogens with one attached hydrogen (secondary N) is 2. The second-order valence-corrected chi connectivity index (χ2v) is 8.74. The molecule has 1 atom stereocenters. The van der Waals surface area contributed by atoms with Crippen molar-refractivity contribution in [2.45, 2.75) is 18.8 Å². The van der Waals surface area contributed by atoms with Crippen LogP contribution < -0.4 is 5.32 Å². The molecule has 1 aliphatic rings. The summed E-state index contributed by atoms with van der Waals surface area (Å²) in [6, 6.07) is 13.4. The molecule has 2 aromatic carbocycles. The van der Waals surface area contributed by atoms with Crippen LogP contribution in [0.25, 0.3) is 11.1 Å². The van der Waals surface area contributed by atoms with E-state index in [9.17, 15) is 14.0 Å². The van der Waals surface area contributed by atoms with Crippen LogP contribution in [0.1, 0.15) is 45.2 Å². The number of aromatic amines is 1. The zero-order chi connectivity index (χ0) is 24.4. The monoisotopic (exact) mass is 472 g/mol. The highest BCUT2D eigenvalue weighted by Crippen LogP contribution is 2.33. The summed E-state index contributed by atoms with van der Waals surface area (Å²) in [5.41, 5.74) is 4.00. The molecular formula is C26H25FN6O2. The first kappa shape index (κ1) is 22.5. The van der Waals surface area contributed by atoms with Gasteiger partial charge in [0.1, 0.15) is 5.82 Å². The minimum absolute atomic E-state index is 0.0573. The van der Waals surface area contributed by atoms with Gasteiger partial charge in [0.05, 0.1) is 18.0 Å². The maximum atomic E-state index is 13.8. The van der Waals surface area contributed by atoms with Crippen molar-refractivity contribution in [2.75, 3.05) is 18.4 Å². The normalized spacial score (nSPS) is 15.7. The number of carbonyl (C=O) groups is 2. The Morgan fingerprint density at radius 2 is 1.97 bits per heavy atom. The Balaban J connectivity index is 1.31. The van der Waals surface area contributed by atoms with Crippen molar-refractivity contribution in [3.63, 3.8) is 0 Å². The lowest BCUT2D eigenvalue weighted by Gasteiger charge is -2.33. The zero-order valence-corrected chi connectivity index (χ0v) is 19.2. The van der Waals surface area contributed by atoms with Gasteiger partial charge in [-0.05, 0) is 48.7 Å². The third-order valence-electron chi connectivity index (χ3n) is 6.26. The summed E-state index contributed by atoms with van der Waals surface area (Å²) in [6.45, 7) is 1.17. The first-order valence-electron chi connectivity index (χ1n) is 11.5. The van der Waals surface area contributed by atoms with E-state index in [0.717, 1.165) is 29.7 Å². The van der Waals surface area contributed by atoms with E-state index in [-0.39, 0.29) is 23.5 Å². The molecule has 4 aromatic rings. The Bertz CT molecular complexity index is 1380. The van der Waals surface area contributed by atoms with E-state index >= 15 is 0 Å². The molecule has 8 nitrogen and oxygen atoms in total. The number of carbonyl (C=O) groups excluding carboxylic acids is 2. The highest BCUT2D eigenvalue weighted by atomic mass is 19.1. The number of likely N-dealkylation sites (tertiary alicyclic amines) is 1. The topological polar surface area (TPSA) is 95.9 Å². The molecule has 3 heterocycles. The van der Waals surface area contributed by atoms with Crippen LogP contribution >= 0.6 is 0 Å². The first-order chi connectivity index (χ1) is 17.0. The third-order valence-corrected chi connectivity index (χ3v) is 6.26. The fraction of sp³-hybridized carbons (Fsp3) is 0.231. The number of aryl methyl sites for hydroxylation is 1. The zero-order valence-electron chi connectivity index (χ0n) is 19.2. The number of hydrogen-bond acceptors (Lipinski definition) is 4. The van der Waals surface area contributed by atoms with Gasteiger partial charge in [-0.3, -0.25) is 19.4 Å². The first-order valence-corrected chi connectivity index (χ1v) is 11.5. The van der Waals surface area contributed by atoms with Crippen molar-refractivity contribution in [3.8, 4) is 11.1 Å². The van der Waals surface area contributed by atoms with Gasteiger partial charge >= 0.3 is 0 Å². The molecule has 1 unspecified atom stereocenters. The van der Waals surface area contributed by atoms with Gasteiger partial charge in [0.25, 0.3) is 11.8 Å². The molecule has 2 N–H and O–H groups in total. The second kappa shape index (κ2) is 9.54. The van der Waals surface area contributed by atoms with Crippen LogP contribution in [-0.4, -0.2) is 49.8 Å². The van der Waals surface area contributed by atoms with Crippen LogP contribution in [0.2, 0.25) is 0 Å². The molecule has 0 spiro atoms. The van der Waals surface area contributed by atoms with E-state index in [4.69, 9.17) is 0 Å². The molecule has 0 bridgehead atoms. The lowest BCUT2D eigenvalue weighted by molar-refractivity contribution is 0.0705. The van der Waals surface area contributed by atoms with Crippen molar-refractivity contribution in [1.29, 1.82) is 0 Å². The Labute approximate surface area is 201 Å². The molecule has 0 aliphatic carbocycles. The fourth-order valence-corrected chi connectivity index (χ4v) is 4.54. The molecule has 0 radical (unpaired) electrons. The van der Waals surface area contributed by atoms with Gasteiger partial charge in [0.2, 0.25) is 0 Å². The van der Waals surface area contributed by atoms with Gasteiger partial charge < -0.3 is 10.2 Å². The molecule has 1 saturated heterocycles. The molecule has 1 fully saturated rings. The number of aromatic nitrogens is 4. The third kappa shape index (κ3) is 4.84. The highest BCUT2D eigenvalue weighted by molar-refractivity contribution is 6.04. The number of benzene rings is 2. The Hall–Kier alpha value is -4.27. The van der Waals surface area contributed by atoms with Crippen LogP contribution in [0.15, 0.2) is 67.1 Å². The molecule has 5 rings (SSSR count). The maximum absolute atomic E-state index is 13.8. The van der Waals surface area contributed by atoms with Gasteiger partial charge in [-0.15, -0.1) is 0 Å². The van der Waals surface area contributed by atoms with Crippen LogP contribution in [0, 0.1) is 5.82 Å². The molecular weight excluding hydrogens is 447 g/mol. The van der Waals surface area contributed by atoms with Crippen LogP contribution in [0.3, 0.4) is 0 Å². The predicted molar refractivity (Wildman–Crippen MR) is 129 cm³/mol. The van der Waals surface area contributed by atoms with E-state index in [1.54, 1.807) is 54.5 Å². The van der Waals surface area contributed by atoms with Crippen LogP contribution in [-0.2, 0) is 7.05 Å². The van der Waals surface area contributed by atoms with E-state index in [0.29, 0.717) is 29.9 Å². The summed E-state index contributed by atoms with van der Waals surface area (Å²) >= 11 is 0. The number of nitrogens with zero attached hydrogens (tertiary/aromatic N) is 4. The van der Waals surface area contributed by atoms with Gasteiger partial charge in [-0.2, -0.15) is 10.2 Å². The number of anilines is 1. The number of rotatable bonds is 5. The quantitative estimate of drug-likeness (QED) is 0.455. The van der Waals surface area contributed by atoms with Crippen molar-refractivity contribution < 1.29 is 14.0 Å². The summed E-state index contributed by atoms with van der Waals surface area (Å²) in [7, 11) is 1.74. The lowest BCUT2D eigenvalue weighted by Crippen LogP contribution is -2.39. The average Bonchev–Trinajstić information content (AvgIpc) is 3.53. The van der Waals surface area contributed by atoms with Gasteiger partial charge in [-0.25, -0.2) is 4.39 Å². The number of piperidine rings is 1. The Morgan fingerprint density at radius 1 is 1.11 bits per heavy atom. The van der Waals surface area contributed by atoms with E-state index in [1.165, 1.54) is 18.3 Å². The molecule has 1 aliphatic heterocycles. The number of hydrogen-bond donors (Lipinski definition) is 2. The molecule has 2 amide bonds. The standard InChI is InChI=1S/C26H25FN6O2/c1-32-15-20(13-29-32)25(34)30-22-9-3-6-18(12-22)26(35)33-10-4-7-19(16-33)24-23(14-28-31-24)17-5-2-8-21(27)11-17/h2-3,5-6,8-9,11-15,19H,4,7,10,16H2,1H3,(H,28,31)(H,30,34). The van der Waals surface area contributed by atoms with E-state index < -0.39 is 0 Å². The van der Waals surface area contributed by atoms with Crippen molar-refractivity contribution in [3.05, 3.63) is 89.8 Å². The lowest BCUT2D eigenvalue weighted by atomic mass is 9.90. The minimum Gasteiger partial charge on any atom is -0.338 e. The fourth-order valence-electron chi connectivity index (χ4n) is 4.54. The molecule has 2 aromatic heterocycles. The molecule has 9 heteroatoms. The summed E-state index contributed by atoms with van der Waals surface area (Å²) in [5.74, 6) is -0.628. The van der Waals surface area contributed by atoms with Crippen LogP contribution in [0.4, 0.5) is 10.1 Å². The van der Waals surface area contributed by atoms with Gasteiger partial charge in [-0.1, -0.05) is 18.2 Å². The van der Waals surface area contributed by atoms with Gasteiger partial charge in [0.15, 0.2) is 0 Å². The second-order valence-electron chi connectivity index (χ2n) is 8.74. The maximum Gasteiger partial charge on any atom is 0.258 e. The number of amides is 2. The predicted octanol–water partition coefficient (Wildman–Crippen LogP) is 4.22. The van der Waals surface area contributed by atoms with E-state index in [2.05, 4.69) is 20.6 Å². The van der Waals surface area contributed by atoms with Gasteiger partial charge in [0, 0.05) is 54.8 Å². The minimum atomic E-state index is -0.300. The van der Waals surface area contributed by atoms with Crippen LogP contribution in [0.5, 0.6) is 0 Å². The SMILES string of the molecule is Cn1cc(C(=O)Nc2cccc(C(=O)N3CCCC(c4[nH]ncc4-c4cccc(F)c4)C3)c2)cn1. The van der Waals surface area contributed by atoms with Crippen molar-refractivity contribution >= 4 is 17.5 Å². The summed E-state index contributed by atoms with van der Waals surface area (Å²) in [5, 5.41) is 14.1. The Morgan fingerprint density at radius 3 is 2.77 bits per heavy atom. The smallest absolute Gasteiger partial charge is 0.258 e. The largest absolute Gasteiger partial charge is 0.338 e. The average molecular weight is 473 g/mol. The van der Waals surface area contributed by atoms with Crippen molar-refractivity contribution in [1.82, 2.24) is 24.9 Å². The molecule has 0 saturated carbocycles. The Kier molecular flexibility index (Phi) is 6.13. The highest BCUT2D eigenvalue weighted by Gasteiger charge is 2.28. The number of halogens is 1. The number of H-pyrrole nitrogens is 1. The summed E-state index contributed by atoms with van der Waals surface area (Å²) in [6.07, 6.45) is 6.57. The van der Waals surface area contributed by atoms with Crippen molar-refractivity contribution in [2.24, 2.45) is 7.05 Å². The summed E-state index contributed by atoms with van der Waals surface area (Å²) < 4.78 is 15.3.